The van der Waals surface area contributed by atoms with E-state index in [4.69, 9.17) is 4.74 Å². The summed E-state index contributed by atoms with van der Waals surface area (Å²) in [4.78, 5) is 35.4. The number of phenols is 1. The van der Waals surface area contributed by atoms with Gasteiger partial charge in [0.05, 0.1) is 4.47 Å². The Labute approximate surface area is 158 Å². The van der Waals surface area contributed by atoms with Crippen molar-refractivity contribution >= 4 is 39.4 Å². The first kappa shape index (κ1) is 19.5. The van der Waals surface area contributed by atoms with E-state index in [1.165, 1.54) is 13.1 Å². The second kappa shape index (κ2) is 8.48. The van der Waals surface area contributed by atoms with E-state index in [1.54, 1.807) is 37.3 Å². The molecule has 0 spiro atoms. The van der Waals surface area contributed by atoms with Crippen LogP contribution in [0.2, 0.25) is 0 Å². The Morgan fingerprint density at radius 1 is 1.15 bits per heavy atom. The Balaban J connectivity index is 1.94. The standard InChI is InChI=1S/C18H17BrN2O5/c1-10-7-13(16(23)14(19)8-10)18(25)26-9-15(22)21-12-5-3-11(4-6-12)17(24)20-2/h3-8,23H,9H2,1-2H3,(H,20,24)(H,21,22). The van der Waals surface area contributed by atoms with Crippen LogP contribution in [-0.4, -0.2) is 36.5 Å². The summed E-state index contributed by atoms with van der Waals surface area (Å²) < 4.78 is 5.30. The lowest BCUT2D eigenvalue weighted by atomic mass is 10.1. The summed E-state index contributed by atoms with van der Waals surface area (Å²) in [6.07, 6.45) is 0. The summed E-state index contributed by atoms with van der Waals surface area (Å²) in [7, 11) is 1.52. The molecule has 0 aliphatic rings. The van der Waals surface area contributed by atoms with E-state index in [-0.39, 0.29) is 17.2 Å². The zero-order valence-electron chi connectivity index (χ0n) is 14.1. The van der Waals surface area contributed by atoms with Crippen LogP contribution in [-0.2, 0) is 9.53 Å². The van der Waals surface area contributed by atoms with Crippen molar-refractivity contribution in [2.24, 2.45) is 0 Å². The van der Waals surface area contributed by atoms with E-state index in [1.807, 2.05) is 0 Å². The number of amides is 2. The van der Waals surface area contributed by atoms with Gasteiger partial charge >= 0.3 is 5.97 Å². The van der Waals surface area contributed by atoms with Gasteiger partial charge in [0.15, 0.2) is 6.61 Å². The van der Waals surface area contributed by atoms with Crippen LogP contribution >= 0.6 is 15.9 Å². The summed E-state index contributed by atoms with van der Waals surface area (Å²) in [5.41, 5.74) is 1.64. The van der Waals surface area contributed by atoms with E-state index in [0.29, 0.717) is 15.7 Å². The number of phenolic OH excluding ortho intramolecular Hbond substituents is 1. The maximum absolute atomic E-state index is 12.1. The van der Waals surface area contributed by atoms with Crippen LogP contribution in [0.4, 0.5) is 5.69 Å². The lowest BCUT2D eigenvalue weighted by Gasteiger charge is -2.09. The number of halogens is 1. The molecular formula is C18H17BrN2O5. The molecule has 2 aromatic carbocycles. The van der Waals surface area contributed by atoms with Gasteiger partial charge in [-0.25, -0.2) is 4.79 Å². The fourth-order valence-electron chi connectivity index (χ4n) is 2.15. The molecule has 0 fully saturated rings. The molecule has 26 heavy (non-hydrogen) atoms. The minimum atomic E-state index is -0.808. The number of ether oxygens (including phenoxy) is 1. The van der Waals surface area contributed by atoms with Gasteiger partial charge in [0.2, 0.25) is 0 Å². The predicted octanol–water partition coefficient (Wildman–Crippen LogP) is 2.62. The molecule has 136 valence electrons. The van der Waals surface area contributed by atoms with E-state index in [0.717, 1.165) is 5.56 Å². The molecule has 0 aromatic heterocycles. The van der Waals surface area contributed by atoms with Crippen molar-refractivity contribution in [2.75, 3.05) is 19.0 Å². The normalized spacial score (nSPS) is 10.1. The van der Waals surface area contributed by atoms with Crippen LogP contribution in [0, 0.1) is 6.92 Å². The number of rotatable bonds is 5. The van der Waals surface area contributed by atoms with Gasteiger partial charge in [-0.1, -0.05) is 0 Å². The molecule has 0 atom stereocenters. The SMILES string of the molecule is CNC(=O)c1ccc(NC(=O)COC(=O)c2cc(C)cc(Br)c2O)cc1. The number of hydrogen-bond donors (Lipinski definition) is 3. The molecule has 0 aliphatic carbocycles. The molecule has 3 N–H and O–H groups in total. The van der Waals surface area contributed by atoms with Crippen LogP contribution in [0.1, 0.15) is 26.3 Å². The zero-order chi connectivity index (χ0) is 19.3. The summed E-state index contributed by atoms with van der Waals surface area (Å²) in [5, 5.41) is 14.9. The van der Waals surface area contributed by atoms with E-state index >= 15 is 0 Å². The minimum Gasteiger partial charge on any atom is -0.506 e. The van der Waals surface area contributed by atoms with Crippen molar-refractivity contribution in [3.8, 4) is 5.75 Å². The highest BCUT2D eigenvalue weighted by Gasteiger charge is 2.17. The summed E-state index contributed by atoms with van der Waals surface area (Å²) in [5.74, 6) is -1.83. The molecule has 0 saturated carbocycles. The number of carbonyl (C=O) groups excluding carboxylic acids is 3. The Bertz CT molecular complexity index is 849. The third-order valence-electron chi connectivity index (χ3n) is 3.42. The van der Waals surface area contributed by atoms with Crippen LogP contribution in [0.3, 0.4) is 0 Å². The van der Waals surface area contributed by atoms with Gasteiger partial charge in [0.1, 0.15) is 11.3 Å². The smallest absolute Gasteiger partial charge is 0.342 e. The monoisotopic (exact) mass is 420 g/mol. The number of anilines is 1. The van der Waals surface area contributed by atoms with Crippen LogP contribution in [0.15, 0.2) is 40.9 Å². The van der Waals surface area contributed by atoms with Gasteiger partial charge in [-0.3, -0.25) is 9.59 Å². The maximum Gasteiger partial charge on any atom is 0.342 e. The van der Waals surface area contributed by atoms with Crippen molar-refractivity contribution in [1.29, 1.82) is 0 Å². The molecule has 0 saturated heterocycles. The molecule has 0 radical (unpaired) electrons. The van der Waals surface area contributed by atoms with Crippen molar-refractivity contribution in [3.63, 3.8) is 0 Å². The molecule has 8 heteroatoms. The first-order valence-corrected chi connectivity index (χ1v) is 8.39. The fraction of sp³-hybridized carbons (Fsp3) is 0.167. The minimum absolute atomic E-state index is 0.0281. The number of nitrogens with one attached hydrogen (secondary N) is 2. The number of carbonyl (C=O) groups is 3. The Kier molecular flexibility index (Phi) is 6.35. The van der Waals surface area contributed by atoms with Gasteiger partial charge in [0.25, 0.3) is 11.8 Å². The largest absolute Gasteiger partial charge is 0.506 e. The van der Waals surface area contributed by atoms with Gasteiger partial charge in [-0.05, 0) is 64.8 Å². The summed E-state index contributed by atoms with van der Waals surface area (Å²) >= 11 is 3.15. The van der Waals surface area contributed by atoms with E-state index in [2.05, 4.69) is 26.6 Å². The lowest BCUT2D eigenvalue weighted by molar-refractivity contribution is -0.119. The third-order valence-corrected chi connectivity index (χ3v) is 4.02. The molecule has 0 unspecified atom stereocenters. The Morgan fingerprint density at radius 2 is 1.81 bits per heavy atom. The summed E-state index contributed by atoms with van der Waals surface area (Å²) in [6.45, 7) is 1.25. The van der Waals surface area contributed by atoms with Crippen LogP contribution in [0.25, 0.3) is 0 Å². The first-order valence-electron chi connectivity index (χ1n) is 7.60. The highest BCUT2D eigenvalue weighted by molar-refractivity contribution is 9.10. The van der Waals surface area contributed by atoms with E-state index in [9.17, 15) is 19.5 Å². The molecule has 7 nitrogen and oxygen atoms in total. The van der Waals surface area contributed by atoms with Crippen LogP contribution < -0.4 is 10.6 Å². The highest BCUT2D eigenvalue weighted by atomic mass is 79.9. The quantitative estimate of drug-likeness (QED) is 0.644. The van der Waals surface area contributed by atoms with Crippen molar-refractivity contribution < 1.29 is 24.2 Å². The summed E-state index contributed by atoms with van der Waals surface area (Å²) in [6, 6.07) is 9.37. The fourth-order valence-corrected chi connectivity index (χ4v) is 2.72. The first-order chi connectivity index (χ1) is 12.3. The second-order valence-corrected chi connectivity index (χ2v) is 6.28. The number of benzene rings is 2. The Hall–Kier alpha value is -2.87. The van der Waals surface area contributed by atoms with E-state index < -0.39 is 18.5 Å². The molecule has 0 bridgehead atoms. The Morgan fingerprint density at radius 3 is 2.42 bits per heavy atom. The van der Waals surface area contributed by atoms with Crippen LogP contribution in [0.5, 0.6) is 5.75 Å². The molecule has 0 aliphatic heterocycles. The molecular weight excluding hydrogens is 404 g/mol. The van der Waals surface area contributed by atoms with Crippen molar-refractivity contribution in [3.05, 3.63) is 57.6 Å². The van der Waals surface area contributed by atoms with Gasteiger partial charge < -0.3 is 20.5 Å². The molecule has 0 heterocycles. The maximum atomic E-state index is 12.1. The number of aryl methyl sites for hydroxylation is 1. The average Bonchev–Trinajstić information content (AvgIpc) is 2.62. The number of esters is 1. The predicted molar refractivity (Wildman–Crippen MR) is 99.3 cm³/mol. The topological polar surface area (TPSA) is 105 Å². The second-order valence-electron chi connectivity index (χ2n) is 5.42. The van der Waals surface area contributed by atoms with Gasteiger partial charge in [-0.2, -0.15) is 0 Å². The zero-order valence-corrected chi connectivity index (χ0v) is 15.7. The molecule has 2 aromatic rings. The van der Waals surface area contributed by atoms with Gasteiger partial charge in [0, 0.05) is 18.3 Å². The molecule has 2 rings (SSSR count). The van der Waals surface area contributed by atoms with Crippen molar-refractivity contribution in [2.45, 2.75) is 6.92 Å². The highest BCUT2D eigenvalue weighted by Crippen LogP contribution is 2.29. The number of aromatic hydroxyl groups is 1. The average molecular weight is 421 g/mol. The molecule has 2 amide bonds. The van der Waals surface area contributed by atoms with Gasteiger partial charge in [-0.15, -0.1) is 0 Å². The lowest BCUT2D eigenvalue weighted by Crippen LogP contribution is -2.21. The third kappa shape index (κ3) is 4.82. The number of hydrogen-bond acceptors (Lipinski definition) is 5. The van der Waals surface area contributed by atoms with Crippen molar-refractivity contribution in [1.82, 2.24) is 5.32 Å².